The van der Waals surface area contributed by atoms with E-state index in [-0.39, 0.29) is 17.9 Å². The average Bonchev–Trinajstić information content (AvgIpc) is 2.62. The van der Waals surface area contributed by atoms with Crippen LogP contribution in [0.15, 0.2) is 6.07 Å². The van der Waals surface area contributed by atoms with Crippen LogP contribution in [0.3, 0.4) is 0 Å². The number of hydrogen-bond acceptors (Lipinski definition) is 4. The molecule has 17 heavy (non-hydrogen) atoms. The lowest BCUT2D eigenvalue weighted by Gasteiger charge is -2.34. The molecule has 94 valence electrons. The van der Waals surface area contributed by atoms with Crippen molar-refractivity contribution in [3.63, 3.8) is 0 Å². The van der Waals surface area contributed by atoms with Crippen LogP contribution in [0.1, 0.15) is 27.9 Å². The number of hydrogen-bond donors (Lipinski definition) is 2. The molecule has 0 radical (unpaired) electrons. The van der Waals surface area contributed by atoms with E-state index in [9.17, 15) is 9.90 Å². The Morgan fingerprint density at radius 2 is 2.35 bits per heavy atom. The predicted molar refractivity (Wildman–Crippen MR) is 69.2 cm³/mol. The lowest BCUT2D eigenvalue weighted by molar-refractivity contribution is 0.0300. The number of rotatable bonds is 1. The first-order valence-corrected chi connectivity index (χ1v) is 6.64. The van der Waals surface area contributed by atoms with Gasteiger partial charge in [-0.05, 0) is 25.3 Å². The monoisotopic (exact) mass is 254 g/mol. The quantitative estimate of drug-likeness (QED) is 0.797. The van der Waals surface area contributed by atoms with Gasteiger partial charge in [0.1, 0.15) is 0 Å². The number of nitrogens with two attached hydrogens (primary N) is 1. The molecule has 1 aromatic rings. The van der Waals surface area contributed by atoms with E-state index < -0.39 is 0 Å². The van der Waals surface area contributed by atoms with Gasteiger partial charge in [-0.2, -0.15) is 0 Å². The number of aliphatic hydroxyl groups is 1. The maximum atomic E-state index is 12.2. The molecule has 2 rings (SSSR count). The Labute approximate surface area is 105 Å². The van der Waals surface area contributed by atoms with Crippen molar-refractivity contribution >= 4 is 22.9 Å². The van der Waals surface area contributed by atoms with Gasteiger partial charge in [-0.3, -0.25) is 4.79 Å². The van der Waals surface area contributed by atoms with E-state index in [2.05, 4.69) is 0 Å². The van der Waals surface area contributed by atoms with E-state index in [1.54, 1.807) is 6.07 Å². The van der Waals surface area contributed by atoms with Crippen LogP contribution in [0.5, 0.6) is 0 Å². The fourth-order valence-corrected chi connectivity index (χ4v) is 2.98. The Morgan fingerprint density at radius 3 is 2.88 bits per heavy atom. The van der Waals surface area contributed by atoms with Gasteiger partial charge in [0.15, 0.2) is 0 Å². The number of nitrogen functional groups attached to an aromatic ring is 1. The van der Waals surface area contributed by atoms with Crippen molar-refractivity contribution in [1.82, 2.24) is 4.90 Å². The highest BCUT2D eigenvalue weighted by atomic mass is 32.1. The van der Waals surface area contributed by atoms with E-state index >= 15 is 0 Å². The van der Waals surface area contributed by atoms with Gasteiger partial charge in [0, 0.05) is 23.7 Å². The van der Waals surface area contributed by atoms with Crippen LogP contribution in [-0.4, -0.2) is 35.1 Å². The van der Waals surface area contributed by atoms with E-state index in [4.69, 9.17) is 5.73 Å². The summed E-state index contributed by atoms with van der Waals surface area (Å²) in [5.74, 6) is 0.180. The molecule has 1 aromatic heterocycles. The number of amides is 1. The number of nitrogens with zero attached hydrogens (tertiary/aromatic N) is 1. The van der Waals surface area contributed by atoms with Gasteiger partial charge in [0.25, 0.3) is 5.91 Å². The van der Waals surface area contributed by atoms with Crippen molar-refractivity contribution < 1.29 is 9.90 Å². The Morgan fingerprint density at radius 1 is 1.65 bits per heavy atom. The molecule has 0 aliphatic carbocycles. The number of carbonyl (C=O) groups is 1. The van der Waals surface area contributed by atoms with Gasteiger partial charge in [0.2, 0.25) is 0 Å². The van der Waals surface area contributed by atoms with E-state index in [1.807, 2.05) is 18.7 Å². The van der Waals surface area contributed by atoms with Gasteiger partial charge in [0.05, 0.1) is 11.0 Å². The first-order valence-electron chi connectivity index (χ1n) is 5.82. The molecule has 1 amide bonds. The zero-order chi connectivity index (χ0) is 12.6. The maximum absolute atomic E-state index is 12.2. The number of anilines is 1. The molecule has 2 unspecified atom stereocenters. The Hall–Kier alpha value is -1.07. The average molecular weight is 254 g/mol. The minimum Gasteiger partial charge on any atom is -0.398 e. The lowest BCUT2D eigenvalue weighted by Crippen LogP contribution is -2.44. The molecule has 0 saturated carbocycles. The summed E-state index contributed by atoms with van der Waals surface area (Å²) in [7, 11) is 0. The number of thiophene rings is 1. The molecule has 0 bridgehead atoms. The van der Waals surface area contributed by atoms with Crippen LogP contribution < -0.4 is 5.73 Å². The molecular formula is C12H18N2O2S. The van der Waals surface area contributed by atoms with Crippen LogP contribution >= 0.6 is 11.3 Å². The highest BCUT2D eigenvalue weighted by molar-refractivity contribution is 7.14. The zero-order valence-electron chi connectivity index (χ0n) is 10.1. The Bertz CT molecular complexity index is 411. The third-order valence-electron chi connectivity index (χ3n) is 3.31. The van der Waals surface area contributed by atoms with Crippen molar-refractivity contribution in [3.8, 4) is 0 Å². The predicted octanol–water partition coefficient (Wildman–Crippen LogP) is 1.48. The second-order valence-electron chi connectivity index (χ2n) is 4.71. The van der Waals surface area contributed by atoms with Crippen molar-refractivity contribution in [1.29, 1.82) is 0 Å². The van der Waals surface area contributed by atoms with Gasteiger partial charge in [-0.15, -0.1) is 11.3 Å². The summed E-state index contributed by atoms with van der Waals surface area (Å²) in [6, 6.07) is 1.75. The standard InChI is InChI=1S/C12H18N2O2S/c1-7-6-14(4-3-10(7)15)12(16)11-5-9(13)8(2)17-11/h5,7,10,15H,3-4,6,13H2,1-2H3. The first-order chi connectivity index (χ1) is 7.99. The number of aliphatic hydroxyl groups excluding tert-OH is 1. The van der Waals surface area contributed by atoms with Crippen LogP contribution in [0.2, 0.25) is 0 Å². The second-order valence-corrected chi connectivity index (χ2v) is 5.96. The summed E-state index contributed by atoms with van der Waals surface area (Å²) in [4.78, 5) is 15.7. The normalized spacial score (nSPS) is 25.0. The van der Waals surface area contributed by atoms with Crippen LogP contribution in [-0.2, 0) is 0 Å². The third-order valence-corrected chi connectivity index (χ3v) is 4.37. The number of aryl methyl sites for hydroxylation is 1. The SMILES string of the molecule is Cc1sc(C(=O)N2CCC(O)C(C)C2)cc1N. The van der Waals surface area contributed by atoms with Crippen LogP contribution in [0.25, 0.3) is 0 Å². The van der Waals surface area contributed by atoms with Gasteiger partial charge < -0.3 is 15.7 Å². The Kier molecular flexibility index (Phi) is 3.40. The van der Waals surface area contributed by atoms with Crippen molar-refractivity contribution in [2.75, 3.05) is 18.8 Å². The summed E-state index contributed by atoms with van der Waals surface area (Å²) < 4.78 is 0. The number of likely N-dealkylation sites (tertiary alicyclic amines) is 1. The molecule has 1 fully saturated rings. The molecule has 5 heteroatoms. The topological polar surface area (TPSA) is 66.6 Å². The zero-order valence-corrected chi connectivity index (χ0v) is 11.0. The molecule has 2 atom stereocenters. The molecular weight excluding hydrogens is 236 g/mol. The fourth-order valence-electron chi connectivity index (χ4n) is 2.08. The maximum Gasteiger partial charge on any atom is 0.264 e. The largest absolute Gasteiger partial charge is 0.398 e. The first kappa shape index (κ1) is 12.4. The molecule has 1 aliphatic heterocycles. The molecule has 1 aliphatic rings. The molecule has 2 heterocycles. The summed E-state index contributed by atoms with van der Waals surface area (Å²) >= 11 is 1.44. The van der Waals surface area contributed by atoms with Gasteiger partial charge >= 0.3 is 0 Å². The smallest absolute Gasteiger partial charge is 0.264 e. The van der Waals surface area contributed by atoms with E-state index in [0.717, 1.165) is 4.88 Å². The van der Waals surface area contributed by atoms with E-state index in [1.165, 1.54) is 11.3 Å². The highest BCUT2D eigenvalue weighted by Gasteiger charge is 2.28. The number of carbonyl (C=O) groups excluding carboxylic acids is 1. The minimum atomic E-state index is -0.283. The molecule has 4 nitrogen and oxygen atoms in total. The van der Waals surface area contributed by atoms with Crippen LogP contribution in [0.4, 0.5) is 5.69 Å². The molecule has 0 aromatic carbocycles. The lowest BCUT2D eigenvalue weighted by atomic mass is 9.97. The van der Waals surface area contributed by atoms with Gasteiger partial charge in [-0.25, -0.2) is 0 Å². The molecule has 3 N–H and O–H groups in total. The third kappa shape index (κ3) is 2.45. The van der Waals surface area contributed by atoms with Crippen molar-refractivity contribution in [3.05, 3.63) is 15.8 Å². The molecule has 0 spiro atoms. The minimum absolute atomic E-state index is 0.0357. The van der Waals surface area contributed by atoms with Crippen molar-refractivity contribution in [2.24, 2.45) is 5.92 Å². The van der Waals surface area contributed by atoms with Gasteiger partial charge in [-0.1, -0.05) is 6.92 Å². The summed E-state index contributed by atoms with van der Waals surface area (Å²) in [5, 5.41) is 9.64. The number of piperidine rings is 1. The Balaban J connectivity index is 2.10. The summed E-state index contributed by atoms with van der Waals surface area (Å²) in [6.07, 6.45) is 0.376. The van der Waals surface area contributed by atoms with Crippen LogP contribution in [0, 0.1) is 12.8 Å². The summed E-state index contributed by atoms with van der Waals surface area (Å²) in [6.45, 7) is 5.13. The molecule has 1 saturated heterocycles. The van der Waals surface area contributed by atoms with Crippen molar-refractivity contribution in [2.45, 2.75) is 26.4 Å². The second kappa shape index (κ2) is 4.66. The highest BCUT2D eigenvalue weighted by Crippen LogP contribution is 2.26. The summed E-state index contributed by atoms with van der Waals surface area (Å²) in [5.41, 5.74) is 6.44. The van der Waals surface area contributed by atoms with E-state index in [0.29, 0.717) is 30.1 Å². The fraction of sp³-hybridized carbons (Fsp3) is 0.583.